The smallest absolute Gasteiger partial charge is 0.462 e. The molecule has 0 saturated heterocycles. The highest BCUT2D eigenvalue weighted by Crippen LogP contribution is 2.43. The largest absolute Gasteiger partial charge is 0.472 e. The van der Waals surface area contributed by atoms with Gasteiger partial charge in [0.1, 0.15) is 19.8 Å². The molecule has 0 aliphatic heterocycles. The zero-order valence-corrected chi connectivity index (χ0v) is 40.7. The van der Waals surface area contributed by atoms with Crippen LogP contribution >= 0.6 is 7.82 Å². The molecule has 0 aliphatic rings. The first-order chi connectivity index (χ1) is 28.5. The Labute approximate surface area is 365 Å². The highest BCUT2D eigenvalue weighted by molar-refractivity contribution is 7.47. The Balaban J connectivity index is 4.17. The Kier molecular flexibility index (Phi) is 41.6. The lowest BCUT2D eigenvalue weighted by Crippen LogP contribution is -2.37. The van der Waals surface area contributed by atoms with Crippen molar-refractivity contribution >= 4 is 19.8 Å². The molecule has 0 rings (SSSR count). The van der Waals surface area contributed by atoms with Crippen LogP contribution in [0.2, 0.25) is 0 Å². The lowest BCUT2D eigenvalue weighted by Gasteiger charge is -2.24. The number of nitrogens with zero attached hydrogens (tertiary/aromatic N) is 1. The molecule has 2 atom stereocenters. The zero-order valence-electron chi connectivity index (χ0n) is 39.8. The van der Waals surface area contributed by atoms with Crippen molar-refractivity contribution in [3.05, 3.63) is 0 Å². The van der Waals surface area contributed by atoms with Crippen molar-refractivity contribution in [1.82, 2.24) is 0 Å². The normalized spacial score (nSPS) is 13.4. The fourth-order valence-electron chi connectivity index (χ4n) is 7.43. The van der Waals surface area contributed by atoms with Crippen LogP contribution in [-0.4, -0.2) is 74.9 Å². The predicted molar refractivity (Wildman–Crippen MR) is 248 cm³/mol. The maximum Gasteiger partial charge on any atom is 0.472 e. The molecule has 0 aromatic rings. The summed E-state index contributed by atoms with van der Waals surface area (Å²) >= 11 is 0. The van der Waals surface area contributed by atoms with Gasteiger partial charge >= 0.3 is 19.8 Å². The summed E-state index contributed by atoms with van der Waals surface area (Å²) in [6, 6.07) is 0. The Morgan fingerprint density at radius 2 is 0.763 bits per heavy atom. The maximum atomic E-state index is 12.7. The molecule has 0 amide bonds. The minimum atomic E-state index is -4.37. The molecular formula is C49H99NO8P+. The first kappa shape index (κ1) is 58.0. The van der Waals surface area contributed by atoms with Gasteiger partial charge in [-0.3, -0.25) is 18.6 Å². The molecule has 0 aromatic heterocycles. The van der Waals surface area contributed by atoms with Gasteiger partial charge in [0.25, 0.3) is 0 Å². The number of likely N-dealkylation sites (N-methyl/N-ethyl adjacent to an activating group) is 1. The van der Waals surface area contributed by atoms with E-state index in [4.69, 9.17) is 18.5 Å². The second kappa shape index (κ2) is 42.3. The minimum Gasteiger partial charge on any atom is -0.462 e. The summed E-state index contributed by atoms with van der Waals surface area (Å²) in [5, 5.41) is 0. The Hall–Kier alpha value is -0.990. The number of carbonyl (C=O) groups excluding carboxylic acids is 2. The first-order valence-electron chi connectivity index (χ1n) is 25.3. The summed E-state index contributed by atoms with van der Waals surface area (Å²) in [5.74, 6) is -0.780. The van der Waals surface area contributed by atoms with E-state index < -0.39 is 26.5 Å². The molecule has 0 radical (unpaired) electrons. The Morgan fingerprint density at radius 1 is 0.458 bits per heavy atom. The summed E-state index contributed by atoms with van der Waals surface area (Å²) < 4.78 is 34.4. The van der Waals surface area contributed by atoms with E-state index in [1.807, 2.05) is 21.1 Å². The van der Waals surface area contributed by atoms with Gasteiger partial charge in [-0.15, -0.1) is 0 Å². The van der Waals surface area contributed by atoms with Gasteiger partial charge in [-0.25, -0.2) is 4.57 Å². The van der Waals surface area contributed by atoms with Crippen LogP contribution in [0.5, 0.6) is 0 Å². The lowest BCUT2D eigenvalue weighted by atomic mass is 10.0. The first-order valence-corrected chi connectivity index (χ1v) is 26.8. The number of hydrogen-bond donors (Lipinski definition) is 1. The van der Waals surface area contributed by atoms with Gasteiger partial charge in [0.2, 0.25) is 0 Å². The number of rotatable bonds is 47. The molecule has 1 N–H and O–H groups in total. The number of unbranched alkanes of at least 4 members (excludes halogenated alkanes) is 33. The van der Waals surface area contributed by atoms with Crippen LogP contribution in [0, 0.1) is 0 Å². The molecule has 0 fully saturated rings. The van der Waals surface area contributed by atoms with Crippen molar-refractivity contribution < 1.29 is 42.1 Å². The highest BCUT2D eigenvalue weighted by atomic mass is 31.2. The molecule has 59 heavy (non-hydrogen) atoms. The highest BCUT2D eigenvalue weighted by Gasteiger charge is 2.27. The summed E-state index contributed by atoms with van der Waals surface area (Å²) in [7, 11) is 1.50. The number of quaternary nitrogens is 1. The third kappa shape index (κ3) is 46.3. The SMILES string of the molecule is CCCCCCCCCCCCCCCCCCCCCCCCC(=O)O[C@H](COC(=O)CCCCCCCCCCCCCCC)COP(=O)(O)OCC[N+](C)(C)C. The molecule has 0 bridgehead atoms. The summed E-state index contributed by atoms with van der Waals surface area (Å²) in [5.41, 5.74) is 0. The number of phosphoric ester groups is 1. The molecule has 0 aromatic carbocycles. The van der Waals surface area contributed by atoms with Crippen LogP contribution in [0.4, 0.5) is 0 Å². The minimum absolute atomic E-state index is 0.0371. The molecule has 352 valence electrons. The van der Waals surface area contributed by atoms with Crippen molar-refractivity contribution in [3.63, 3.8) is 0 Å². The molecule has 0 saturated carbocycles. The Morgan fingerprint density at radius 3 is 1.08 bits per heavy atom. The van der Waals surface area contributed by atoms with Gasteiger partial charge < -0.3 is 18.9 Å². The second-order valence-corrected chi connectivity index (χ2v) is 20.0. The second-order valence-electron chi connectivity index (χ2n) is 18.6. The summed E-state index contributed by atoms with van der Waals surface area (Å²) in [6.07, 6.45) is 44.4. The molecule has 0 heterocycles. The number of esters is 2. The van der Waals surface area contributed by atoms with Crippen LogP contribution in [0.3, 0.4) is 0 Å². The van der Waals surface area contributed by atoms with Gasteiger partial charge in [-0.05, 0) is 12.8 Å². The number of phosphoric acid groups is 1. The fourth-order valence-corrected chi connectivity index (χ4v) is 8.17. The average molecular weight is 861 g/mol. The van der Waals surface area contributed by atoms with Crippen LogP contribution in [0.25, 0.3) is 0 Å². The average Bonchev–Trinajstić information content (AvgIpc) is 3.19. The number of ether oxygens (including phenoxy) is 2. The quantitative estimate of drug-likeness (QED) is 0.0279. The molecule has 1 unspecified atom stereocenters. The summed E-state index contributed by atoms with van der Waals surface area (Å²) in [4.78, 5) is 35.5. The lowest BCUT2D eigenvalue weighted by molar-refractivity contribution is -0.870. The van der Waals surface area contributed by atoms with Crippen LogP contribution in [-0.2, 0) is 32.7 Å². The molecule has 9 nitrogen and oxygen atoms in total. The van der Waals surface area contributed by atoms with E-state index >= 15 is 0 Å². The topological polar surface area (TPSA) is 108 Å². The molecule has 10 heteroatoms. The van der Waals surface area contributed by atoms with Crippen molar-refractivity contribution in [1.29, 1.82) is 0 Å². The van der Waals surface area contributed by atoms with Crippen molar-refractivity contribution in [2.75, 3.05) is 47.5 Å². The van der Waals surface area contributed by atoms with E-state index in [1.165, 1.54) is 186 Å². The third-order valence-electron chi connectivity index (χ3n) is 11.4. The van der Waals surface area contributed by atoms with Gasteiger partial charge in [0.05, 0.1) is 27.7 Å². The maximum absolute atomic E-state index is 12.7. The van der Waals surface area contributed by atoms with Crippen LogP contribution in [0.1, 0.15) is 251 Å². The monoisotopic (exact) mass is 861 g/mol. The van der Waals surface area contributed by atoms with Gasteiger partial charge in [-0.2, -0.15) is 0 Å². The van der Waals surface area contributed by atoms with E-state index in [9.17, 15) is 19.0 Å². The zero-order chi connectivity index (χ0) is 43.6. The molecule has 0 aliphatic carbocycles. The predicted octanol–water partition coefficient (Wildman–Crippen LogP) is 14.8. The molecular weight excluding hydrogens is 762 g/mol. The summed E-state index contributed by atoms with van der Waals surface area (Å²) in [6.45, 7) is 4.48. The van der Waals surface area contributed by atoms with Crippen molar-refractivity contribution in [2.45, 2.75) is 258 Å². The van der Waals surface area contributed by atoms with Crippen molar-refractivity contribution in [2.24, 2.45) is 0 Å². The molecule has 0 spiro atoms. The van der Waals surface area contributed by atoms with Crippen LogP contribution < -0.4 is 0 Å². The van der Waals surface area contributed by atoms with E-state index in [2.05, 4.69) is 13.8 Å². The van der Waals surface area contributed by atoms with E-state index in [0.29, 0.717) is 17.4 Å². The number of hydrogen-bond acceptors (Lipinski definition) is 7. The van der Waals surface area contributed by atoms with E-state index in [1.54, 1.807) is 0 Å². The van der Waals surface area contributed by atoms with Crippen LogP contribution in [0.15, 0.2) is 0 Å². The van der Waals surface area contributed by atoms with Gasteiger partial charge in [-0.1, -0.05) is 226 Å². The van der Waals surface area contributed by atoms with Gasteiger partial charge in [0.15, 0.2) is 6.10 Å². The Bertz CT molecular complexity index is 974. The third-order valence-corrected chi connectivity index (χ3v) is 12.4. The van der Waals surface area contributed by atoms with Crippen molar-refractivity contribution in [3.8, 4) is 0 Å². The van der Waals surface area contributed by atoms with E-state index in [-0.39, 0.29) is 25.6 Å². The fraction of sp³-hybridized carbons (Fsp3) is 0.959. The number of carbonyl (C=O) groups is 2. The van der Waals surface area contributed by atoms with Gasteiger partial charge in [0, 0.05) is 12.8 Å². The standard InChI is InChI=1S/C49H98NO8P/c1-6-8-10-12-14-16-18-20-21-22-23-24-25-26-27-28-30-32-34-36-38-40-42-49(52)58-47(46-57-59(53,54)56-44-43-50(3,4)5)45-55-48(51)41-39-37-35-33-31-29-19-17-15-13-11-9-7-2/h47H,6-46H2,1-5H3/p+1/t47-/m1/s1. The van der Waals surface area contributed by atoms with E-state index in [0.717, 1.165) is 38.5 Å².